The molecule has 2 N–H and O–H groups in total. The smallest absolute Gasteiger partial charge is 0.450 e. The first-order chi connectivity index (χ1) is 5.13. The van der Waals surface area contributed by atoms with Crippen molar-refractivity contribution in [3.05, 3.63) is 24.3 Å². The van der Waals surface area contributed by atoms with Crippen LogP contribution in [0.2, 0.25) is 0 Å². The SMILES string of the molecule is C=C1C=CCCC1.O=C(O)O. The van der Waals surface area contributed by atoms with E-state index in [-0.39, 0.29) is 0 Å². The van der Waals surface area contributed by atoms with Crippen LogP contribution in [0.1, 0.15) is 19.3 Å². The van der Waals surface area contributed by atoms with Gasteiger partial charge < -0.3 is 10.2 Å². The third-order valence-corrected chi connectivity index (χ3v) is 1.22. The van der Waals surface area contributed by atoms with Gasteiger partial charge >= 0.3 is 6.16 Å². The van der Waals surface area contributed by atoms with Gasteiger partial charge in [0.1, 0.15) is 0 Å². The third kappa shape index (κ3) is 8.75. The highest BCUT2D eigenvalue weighted by atomic mass is 16.6. The van der Waals surface area contributed by atoms with Crippen molar-refractivity contribution in [3.63, 3.8) is 0 Å². The Morgan fingerprint density at radius 1 is 1.55 bits per heavy atom. The molecule has 0 aromatic heterocycles. The summed E-state index contributed by atoms with van der Waals surface area (Å²) in [5, 5.41) is 13.9. The fourth-order valence-corrected chi connectivity index (χ4v) is 0.780. The van der Waals surface area contributed by atoms with Gasteiger partial charge in [-0.25, -0.2) is 4.79 Å². The molecule has 0 aromatic rings. The highest BCUT2D eigenvalue weighted by Gasteiger charge is 1.92. The summed E-state index contributed by atoms with van der Waals surface area (Å²) >= 11 is 0. The number of hydrogen-bond acceptors (Lipinski definition) is 1. The van der Waals surface area contributed by atoms with Crippen LogP contribution in [0.25, 0.3) is 0 Å². The van der Waals surface area contributed by atoms with E-state index < -0.39 is 6.16 Å². The maximum Gasteiger partial charge on any atom is 0.503 e. The Bertz CT molecular complexity index is 166. The number of hydrogen-bond donors (Lipinski definition) is 2. The molecule has 0 heterocycles. The molecule has 0 aliphatic heterocycles. The lowest BCUT2D eigenvalue weighted by atomic mass is 10.0. The van der Waals surface area contributed by atoms with Crippen molar-refractivity contribution in [2.45, 2.75) is 19.3 Å². The van der Waals surface area contributed by atoms with Crippen molar-refractivity contribution >= 4 is 6.16 Å². The summed E-state index contributed by atoms with van der Waals surface area (Å²) in [6.45, 7) is 3.83. The molecule has 0 bridgehead atoms. The molecule has 0 saturated carbocycles. The zero-order valence-electron chi connectivity index (χ0n) is 6.29. The molecule has 62 valence electrons. The van der Waals surface area contributed by atoms with Gasteiger partial charge in [-0.3, -0.25) is 0 Å². The summed E-state index contributed by atoms with van der Waals surface area (Å²) < 4.78 is 0. The summed E-state index contributed by atoms with van der Waals surface area (Å²) in [7, 11) is 0. The lowest BCUT2D eigenvalue weighted by Crippen LogP contribution is -1.82. The van der Waals surface area contributed by atoms with Gasteiger partial charge in [0.25, 0.3) is 0 Å². The molecule has 0 fully saturated rings. The predicted molar refractivity (Wildman–Crippen MR) is 42.8 cm³/mol. The minimum atomic E-state index is -1.83. The Balaban J connectivity index is 0.000000218. The van der Waals surface area contributed by atoms with E-state index in [1.807, 2.05) is 0 Å². The first kappa shape index (κ1) is 9.75. The van der Waals surface area contributed by atoms with Gasteiger partial charge in [-0.05, 0) is 19.3 Å². The zero-order chi connectivity index (χ0) is 8.69. The van der Waals surface area contributed by atoms with Crippen LogP contribution >= 0.6 is 0 Å². The first-order valence-electron chi connectivity index (χ1n) is 3.39. The highest BCUT2D eigenvalue weighted by Crippen LogP contribution is 2.12. The minimum Gasteiger partial charge on any atom is -0.450 e. The molecule has 0 saturated heterocycles. The standard InChI is InChI=1S/C7H10.CH2O3/c1-7-5-3-2-4-6-7;2-1(3)4/h3,5H,1-2,4,6H2;(H2,2,3,4). The fourth-order valence-electron chi connectivity index (χ4n) is 0.780. The Labute approximate surface area is 65.7 Å². The summed E-state index contributed by atoms with van der Waals surface area (Å²) in [5.41, 5.74) is 1.28. The topological polar surface area (TPSA) is 57.5 Å². The number of carbonyl (C=O) groups is 1. The van der Waals surface area contributed by atoms with E-state index in [0.717, 1.165) is 0 Å². The van der Waals surface area contributed by atoms with Crippen LogP contribution in [-0.2, 0) is 0 Å². The normalized spacial score (nSPS) is 15.1. The van der Waals surface area contributed by atoms with E-state index in [1.165, 1.54) is 24.8 Å². The Hall–Kier alpha value is -1.25. The lowest BCUT2D eigenvalue weighted by molar-refractivity contribution is 0.137. The summed E-state index contributed by atoms with van der Waals surface area (Å²) in [6.07, 6.45) is 6.22. The lowest BCUT2D eigenvalue weighted by Gasteiger charge is -2.02. The molecule has 0 spiro atoms. The Morgan fingerprint density at radius 3 is 2.27 bits per heavy atom. The van der Waals surface area contributed by atoms with Crippen molar-refractivity contribution in [2.24, 2.45) is 0 Å². The number of allylic oxidation sites excluding steroid dienone is 3. The van der Waals surface area contributed by atoms with Crippen LogP contribution < -0.4 is 0 Å². The van der Waals surface area contributed by atoms with Crippen LogP contribution in [0.4, 0.5) is 4.79 Å². The van der Waals surface area contributed by atoms with E-state index in [9.17, 15) is 0 Å². The third-order valence-electron chi connectivity index (χ3n) is 1.22. The average Bonchev–Trinajstić information content (AvgIpc) is 1.87. The van der Waals surface area contributed by atoms with Crippen molar-refractivity contribution in [3.8, 4) is 0 Å². The monoisotopic (exact) mass is 156 g/mol. The van der Waals surface area contributed by atoms with E-state index in [0.29, 0.717) is 0 Å². The largest absolute Gasteiger partial charge is 0.503 e. The van der Waals surface area contributed by atoms with E-state index >= 15 is 0 Å². The summed E-state index contributed by atoms with van der Waals surface area (Å²) in [4.78, 5) is 8.56. The molecular formula is C8H12O3. The first-order valence-corrected chi connectivity index (χ1v) is 3.39. The molecular weight excluding hydrogens is 144 g/mol. The quantitative estimate of drug-likeness (QED) is 0.566. The molecule has 0 amide bonds. The van der Waals surface area contributed by atoms with Crippen LogP contribution in [0, 0.1) is 0 Å². The molecule has 1 aliphatic carbocycles. The second-order valence-electron chi connectivity index (χ2n) is 2.24. The van der Waals surface area contributed by atoms with Crippen molar-refractivity contribution in [1.82, 2.24) is 0 Å². The maximum atomic E-state index is 8.56. The van der Waals surface area contributed by atoms with Gasteiger partial charge in [-0.1, -0.05) is 24.3 Å². The molecule has 0 atom stereocenters. The molecule has 1 rings (SSSR count). The molecule has 3 heteroatoms. The number of carboxylic acid groups (broad SMARTS) is 2. The van der Waals surface area contributed by atoms with Gasteiger partial charge in [-0.15, -0.1) is 0 Å². The molecule has 1 aliphatic rings. The maximum absolute atomic E-state index is 8.56. The van der Waals surface area contributed by atoms with Crippen LogP contribution in [0.15, 0.2) is 24.3 Å². The Kier molecular flexibility index (Phi) is 4.90. The van der Waals surface area contributed by atoms with E-state index in [2.05, 4.69) is 18.7 Å². The van der Waals surface area contributed by atoms with Gasteiger partial charge in [0, 0.05) is 0 Å². The summed E-state index contributed by atoms with van der Waals surface area (Å²) in [6, 6.07) is 0. The second kappa shape index (κ2) is 5.53. The second-order valence-corrected chi connectivity index (χ2v) is 2.24. The van der Waals surface area contributed by atoms with E-state index in [1.54, 1.807) is 0 Å². The molecule has 0 unspecified atom stereocenters. The van der Waals surface area contributed by atoms with Gasteiger partial charge in [0.15, 0.2) is 0 Å². The van der Waals surface area contributed by atoms with Crippen molar-refractivity contribution in [1.29, 1.82) is 0 Å². The van der Waals surface area contributed by atoms with Crippen LogP contribution in [0.3, 0.4) is 0 Å². The molecule has 0 radical (unpaired) electrons. The van der Waals surface area contributed by atoms with Gasteiger partial charge in [0.2, 0.25) is 0 Å². The van der Waals surface area contributed by atoms with Gasteiger partial charge in [-0.2, -0.15) is 0 Å². The molecule has 3 nitrogen and oxygen atoms in total. The Morgan fingerprint density at radius 2 is 2.09 bits per heavy atom. The van der Waals surface area contributed by atoms with E-state index in [4.69, 9.17) is 15.0 Å². The number of rotatable bonds is 0. The highest BCUT2D eigenvalue weighted by molar-refractivity contribution is 5.53. The van der Waals surface area contributed by atoms with Crippen LogP contribution in [0.5, 0.6) is 0 Å². The average molecular weight is 156 g/mol. The van der Waals surface area contributed by atoms with Crippen molar-refractivity contribution in [2.75, 3.05) is 0 Å². The molecule has 11 heavy (non-hydrogen) atoms. The minimum absolute atomic E-state index is 1.20. The summed E-state index contributed by atoms with van der Waals surface area (Å²) in [5.74, 6) is 0. The van der Waals surface area contributed by atoms with Crippen molar-refractivity contribution < 1.29 is 15.0 Å². The van der Waals surface area contributed by atoms with Crippen LogP contribution in [-0.4, -0.2) is 16.4 Å². The van der Waals surface area contributed by atoms with Gasteiger partial charge in [0.05, 0.1) is 0 Å². The zero-order valence-corrected chi connectivity index (χ0v) is 6.29. The fraction of sp³-hybridized carbons (Fsp3) is 0.375. The molecule has 0 aromatic carbocycles. The predicted octanol–water partition coefficient (Wildman–Crippen LogP) is 2.51.